The van der Waals surface area contributed by atoms with Crippen LogP contribution < -0.4 is 5.32 Å². The minimum atomic E-state index is 0.0766. The van der Waals surface area contributed by atoms with Gasteiger partial charge in [0.1, 0.15) is 11.5 Å². The van der Waals surface area contributed by atoms with Crippen LogP contribution >= 0.6 is 31.9 Å². The molecule has 102 valence electrons. The van der Waals surface area contributed by atoms with Gasteiger partial charge in [0.25, 0.3) is 0 Å². The SMILES string of the molecule is CCNC(c1ccc(CC)o1)c1ccc(Br)cc1Br. The van der Waals surface area contributed by atoms with Gasteiger partial charge in [0.2, 0.25) is 0 Å². The van der Waals surface area contributed by atoms with Crippen LogP contribution in [0.4, 0.5) is 0 Å². The van der Waals surface area contributed by atoms with Gasteiger partial charge in [-0.1, -0.05) is 51.8 Å². The highest BCUT2D eigenvalue weighted by Crippen LogP contribution is 2.31. The van der Waals surface area contributed by atoms with Crippen LogP contribution in [0.15, 0.2) is 43.7 Å². The van der Waals surface area contributed by atoms with Gasteiger partial charge in [0.15, 0.2) is 0 Å². The third-order valence-corrected chi connectivity index (χ3v) is 4.18. The van der Waals surface area contributed by atoms with Gasteiger partial charge in [0.05, 0.1) is 6.04 Å². The first-order valence-electron chi connectivity index (χ1n) is 6.42. The zero-order valence-electron chi connectivity index (χ0n) is 11.0. The molecule has 0 aliphatic carbocycles. The monoisotopic (exact) mass is 385 g/mol. The number of rotatable bonds is 5. The van der Waals surface area contributed by atoms with Crippen molar-refractivity contribution in [1.82, 2.24) is 5.32 Å². The summed E-state index contributed by atoms with van der Waals surface area (Å²) in [6, 6.07) is 10.4. The summed E-state index contributed by atoms with van der Waals surface area (Å²) in [5, 5.41) is 3.47. The van der Waals surface area contributed by atoms with Crippen molar-refractivity contribution in [2.24, 2.45) is 0 Å². The van der Waals surface area contributed by atoms with Crippen molar-refractivity contribution in [1.29, 1.82) is 0 Å². The summed E-state index contributed by atoms with van der Waals surface area (Å²) in [5.74, 6) is 1.98. The minimum Gasteiger partial charge on any atom is -0.464 e. The van der Waals surface area contributed by atoms with Gasteiger partial charge in [-0.3, -0.25) is 0 Å². The number of hydrogen-bond donors (Lipinski definition) is 1. The quantitative estimate of drug-likeness (QED) is 0.776. The summed E-state index contributed by atoms with van der Waals surface area (Å²) in [6.45, 7) is 5.08. The number of benzene rings is 1. The van der Waals surface area contributed by atoms with Gasteiger partial charge in [-0.05, 0) is 36.4 Å². The predicted octanol–water partition coefficient (Wildman–Crippen LogP) is 5.07. The Balaban J connectivity index is 2.38. The van der Waals surface area contributed by atoms with Gasteiger partial charge in [0, 0.05) is 15.4 Å². The van der Waals surface area contributed by atoms with Crippen LogP contribution in [0, 0.1) is 0 Å². The number of furan rings is 1. The first-order valence-corrected chi connectivity index (χ1v) is 8.01. The van der Waals surface area contributed by atoms with Crippen molar-refractivity contribution >= 4 is 31.9 Å². The molecule has 2 aromatic rings. The van der Waals surface area contributed by atoms with Gasteiger partial charge < -0.3 is 9.73 Å². The van der Waals surface area contributed by atoms with Crippen molar-refractivity contribution in [2.75, 3.05) is 6.54 Å². The molecule has 1 unspecified atom stereocenters. The van der Waals surface area contributed by atoms with Crippen molar-refractivity contribution in [3.8, 4) is 0 Å². The fourth-order valence-electron chi connectivity index (χ4n) is 2.04. The topological polar surface area (TPSA) is 25.2 Å². The average molecular weight is 387 g/mol. The van der Waals surface area contributed by atoms with E-state index in [1.54, 1.807) is 0 Å². The molecule has 0 saturated heterocycles. The molecule has 1 N–H and O–H groups in total. The molecule has 0 amide bonds. The van der Waals surface area contributed by atoms with E-state index in [9.17, 15) is 0 Å². The molecule has 0 aliphatic rings. The number of hydrogen-bond acceptors (Lipinski definition) is 2. The smallest absolute Gasteiger partial charge is 0.125 e. The summed E-state index contributed by atoms with van der Waals surface area (Å²) in [5.41, 5.74) is 1.18. The van der Waals surface area contributed by atoms with E-state index in [0.29, 0.717) is 0 Å². The molecule has 2 rings (SSSR count). The second-order valence-electron chi connectivity index (χ2n) is 4.31. The lowest BCUT2D eigenvalue weighted by Gasteiger charge is -2.18. The highest BCUT2D eigenvalue weighted by molar-refractivity contribution is 9.11. The average Bonchev–Trinajstić information content (AvgIpc) is 2.85. The molecule has 0 spiro atoms. The standard InChI is InChI=1S/C15H17Br2NO/c1-3-11-6-8-14(19-11)15(18-4-2)12-7-5-10(16)9-13(12)17/h5-9,15,18H,3-4H2,1-2H3. The lowest BCUT2D eigenvalue weighted by Crippen LogP contribution is -2.21. The molecule has 1 heterocycles. The van der Waals surface area contributed by atoms with E-state index in [1.807, 2.05) is 12.1 Å². The first kappa shape index (κ1) is 14.8. The number of aryl methyl sites for hydroxylation is 1. The Morgan fingerprint density at radius 2 is 1.95 bits per heavy atom. The van der Waals surface area contributed by atoms with Crippen LogP contribution in [0.3, 0.4) is 0 Å². The molecule has 0 fully saturated rings. The number of nitrogens with one attached hydrogen (secondary N) is 1. The summed E-state index contributed by atoms with van der Waals surface area (Å²) >= 11 is 7.11. The van der Waals surface area contributed by atoms with Crippen molar-refractivity contribution in [3.63, 3.8) is 0 Å². The van der Waals surface area contributed by atoms with Gasteiger partial charge >= 0.3 is 0 Å². The molecule has 1 aromatic heterocycles. The fourth-order valence-corrected chi connectivity index (χ4v) is 3.32. The molecular formula is C15H17Br2NO. The summed E-state index contributed by atoms with van der Waals surface area (Å²) < 4.78 is 8.03. The van der Waals surface area contributed by atoms with E-state index in [2.05, 4.69) is 69.2 Å². The Labute approximate surface area is 130 Å². The maximum absolute atomic E-state index is 5.89. The normalized spacial score (nSPS) is 12.6. The molecule has 0 bridgehead atoms. The lowest BCUT2D eigenvalue weighted by atomic mass is 10.0. The Kier molecular flexibility index (Phi) is 5.25. The Hall–Kier alpha value is -0.580. The predicted molar refractivity (Wildman–Crippen MR) is 85.4 cm³/mol. The first-order chi connectivity index (χ1) is 9.15. The van der Waals surface area contributed by atoms with Crippen LogP contribution in [0.5, 0.6) is 0 Å². The molecule has 2 nitrogen and oxygen atoms in total. The number of halogens is 2. The third kappa shape index (κ3) is 3.50. The highest BCUT2D eigenvalue weighted by Gasteiger charge is 2.19. The minimum absolute atomic E-state index is 0.0766. The molecule has 0 saturated carbocycles. The molecule has 0 radical (unpaired) electrons. The Morgan fingerprint density at radius 1 is 1.16 bits per heavy atom. The summed E-state index contributed by atoms with van der Waals surface area (Å²) in [4.78, 5) is 0. The van der Waals surface area contributed by atoms with Gasteiger partial charge in [-0.2, -0.15) is 0 Å². The van der Waals surface area contributed by atoms with Gasteiger partial charge in [-0.15, -0.1) is 0 Å². The van der Waals surface area contributed by atoms with Gasteiger partial charge in [-0.25, -0.2) is 0 Å². The van der Waals surface area contributed by atoms with E-state index >= 15 is 0 Å². The van der Waals surface area contributed by atoms with Crippen LogP contribution in [-0.4, -0.2) is 6.54 Å². The summed E-state index contributed by atoms with van der Waals surface area (Å²) in [6.07, 6.45) is 0.917. The highest BCUT2D eigenvalue weighted by atomic mass is 79.9. The van der Waals surface area contributed by atoms with E-state index in [-0.39, 0.29) is 6.04 Å². The van der Waals surface area contributed by atoms with Crippen LogP contribution in [0.2, 0.25) is 0 Å². The fraction of sp³-hybridized carbons (Fsp3) is 0.333. The second-order valence-corrected chi connectivity index (χ2v) is 6.08. The summed E-state index contributed by atoms with van der Waals surface area (Å²) in [7, 11) is 0. The largest absolute Gasteiger partial charge is 0.464 e. The van der Waals surface area contributed by atoms with Crippen LogP contribution in [0.1, 0.15) is 37.0 Å². The maximum Gasteiger partial charge on any atom is 0.125 e. The molecule has 4 heteroatoms. The van der Waals surface area contributed by atoms with E-state index < -0.39 is 0 Å². The van der Waals surface area contributed by atoms with Crippen molar-refractivity contribution in [3.05, 3.63) is 56.4 Å². The Bertz CT molecular complexity index is 551. The van der Waals surface area contributed by atoms with E-state index in [1.165, 1.54) is 5.56 Å². The van der Waals surface area contributed by atoms with Crippen molar-refractivity contribution < 1.29 is 4.42 Å². The zero-order chi connectivity index (χ0) is 13.8. The molecule has 19 heavy (non-hydrogen) atoms. The second kappa shape index (κ2) is 6.73. The Morgan fingerprint density at radius 3 is 2.53 bits per heavy atom. The third-order valence-electron chi connectivity index (χ3n) is 3.00. The van der Waals surface area contributed by atoms with E-state index in [0.717, 1.165) is 33.4 Å². The molecular weight excluding hydrogens is 370 g/mol. The zero-order valence-corrected chi connectivity index (χ0v) is 14.2. The van der Waals surface area contributed by atoms with Crippen LogP contribution in [0.25, 0.3) is 0 Å². The lowest BCUT2D eigenvalue weighted by molar-refractivity contribution is 0.425. The van der Waals surface area contributed by atoms with Crippen LogP contribution in [-0.2, 0) is 6.42 Å². The molecule has 1 aromatic carbocycles. The maximum atomic E-state index is 5.89. The van der Waals surface area contributed by atoms with Crippen molar-refractivity contribution in [2.45, 2.75) is 26.3 Å². The molecule has 1 atom stereocenters. The van der Waals surface area contributed by atoms with E-state index in [4.69, 9.17) is 4.42 Å². The molecule has 0 aliphatic heterocycles.